The molecule has 100 heavy (non-hydrogen) atoms. The fourth-order valence-corrected chi connectivity index (χ4v) is 14.8. The van der Waals surface area contributed by atoms with Crippen molar-refractivity contribution in [2.24, 2.45) is 0 Å². The molecule has 0 saturated heterocycles. The van der Waals surface area contributed by atoms with Gasteiger partial charge in [0.2, 0.25) is 0 Å². The van der Waals surface area contributed by atoms with Crippen LogP contribution in [0.2, 0.25) is 0 Å². The number of benzene rings is 10. The third-order valence-electron chi connectivity index (χ3n) is 19.4. The lowest BCUT2D eigenvalue weighted by atomic mass is 10.0. The number of pyridine rings is 6. The monoisotopic (exact) mass is 1280 g/mol. The molecule has 10 aromatic heterocycles. The van der Waals surface area contributed by atoms with E-state index in [1.165, 1.54) is 87.2 Å². The first-order valence-electron chi connectivity index (χ1n) is 33.5. The first-order valence-corrected chi connectivity index (χ1v) is 33.5. The molecule has 0 bridgehead atoms. The number of nitrogens with zero attached hydrogens (tertiary/aromatic N) is 10. The quantitative estimate of drug-likeness (QED) is 0.135. The molecular weight excluding hydrogens is 1220 g/mol. The zero-order chi connectivity index (χ0) is 66.0. The molecule has 20 aromatic rings. The topological polar surface area (TPSA) is 97.1 Å². The Morgan fingerprint density at radius 1 is 0.170 bits per heavy atom. The van der Waals surface area contributed by atoms with Gasteiger partial charge >= 0.3 is 0 Å². The van der Waals surface area contributed by atoms with E-state index in [2.05, 4.69) is 293 Å². The summed E-state index contributed by atoms with van der Waals surface area (Å²) in [5, 5.41) is 9.96. The van der Waals surface area contributed by atoms with E-state index in [9.17, 15) is 0 Å². The molecule has 20 rings (SSSR count). The molecule has 0 aliphatic carbocycles. The summed E-state index contributed by atoms with van der Waals surface area (Å²) in [4.78, 5) is 27.1. The summed E-state index contributed by atoms with van der Waals surface area (Å²) in [7, 11) is 0. The minimum Gasteiger partial charge on any atom is -0.309 e. The van der Waals surface area contributed by atoms with Gasteiger partial charge in [0.1, 0.15) is 0 Å². The average Bonchev–Trinajstić information content (AvgIpc) is 1.59. The van der Waals surface area contributed by atoms with Crippen LogP contribution < -0.4 is 0 Å². The maximum Gasteiger partial charge on any atom is 0.0731 e. The second kappa shape index (κ2) is 24.2. The Morgan fingerprint density at radius 3 is 0.770 bits per heavy atom. The van der Waals surface area contributed by atoms with Crippen LogP contribution in [0.15, 0.2) is 353 Å². The van der Waals surface area contributed by atoms with Gasteiger partial charge in [0, 0.05) is 138 Å². The van der Waals surface area contributed by atoms with Gasteiger partial charge < -0.3 is 18.3 Å². The molecule has 0 unspecified atom stereocenters. The van der Waals surface area contributed by atoms with Crippen LogP contribution in [0.1, 0.15) is 0 Å². The van der Waals surface area contributed by atoms with Crippen molar-refractivity contribution >= 4 is 87.2 Å². The van der Waals surface area contributed by atoms with Crippen molar-refractivity contribution in [1.82, 2.24) is 48.2 Å². The van der Waals surface area contributed by atoms with Gasteiger partial charge in [0.15, 0.2) is 0 Å². The molecule has 0 N–H and O–H groups in total. The molecule has 10 heteroatoms. The van der Waals surface area contributed by atoms with Crippen LogP contribution in [0.3, 0.4) is 0 Å². The van der Waals surface area contributed by atoms with Crippen molar-refractivity contribution < 1.29 is 0 Å². The van der Waals surface area contributed by atoms with Gasteiger partial charge in [-0.05, 0) is 192 Å². The van der Waals surface area contributed by atoms with Crippen LogP contribution in [0, 0.1) is 0 Å². The summed E-state index contributed by atoms with van der Waals surface area (Å²) in [5.41, 5.74) is 26.1. The Bertz CT molecular complexity index is 5880. The number of para-hydroxylation sites is 6. The standard InChI is InChI=1S/2C45H29N5/c1-4-14-42-36(11-1)37-12-2-5-15-43(37)50(42)35-21-22-45-39(27-35)38-13-3-6-16-44(38)49(45)34-19-17-30(18-20-34)33-25-40(31-9-7-23-46-28-31)48-41(26-33)32-10-8-24-47-29-32;1-4-10-42-36(7-1)37-8-2-5-11-43(37)50(42)35-17-18-45-39(29-35)38-9-3-6-12-44(38)49(45)34-15-13-30(14-16-34)33-27-40(31-19-23-46-24-20-31)48-41(28-33)32-21-25-47-26-22-32/h2*1-29H. The zero-order valence-corrected chi connectivity index (χ0v) is 54.0. The number of rotatable bonds is 10. The Morgan fingerprint density at radius 2 is 0.450 bits per heavy atom. The molecule has 0 fully saturated rings. The van der Waals surface area contributed by atoms with Crippen LogP contribution in [-0.2, 0) is 0 Å². The number of aromatic nitrogens is 10. The highest BCUT2D eigenvalue weighted by Crippen LogP contribution is 2.41. The van der Waals surface area contributed by atoms with Gasteiger partial charge in [-0.15, -0.1) is 0 Å². The van der Waals surface area contributed by atoms with E-state index >= 15 is 0 Å². The van der Waals surface area contributed by atoms with E-state index < -0.39 is 0 Å². The van der Waals surface area contributed by atoms with Gasteiger partial charge in [-0.1, -0.05) is 133 Å². The Labute approximate surface area is 575 Å². The van der Waals surface area contributed by atoms with E-state index in [1.54, 1.807) is 12.4 Å². The van der Waals surface area contributed by atoms with Gasteiger partial charge in [-0.2, -0.15) is 0 Å². The molecule has 0 amide bonds. The summed E-state index contributed by atoms with van der Waals surface area (Å²) in [6, 6.07) is 108. The molecule has 10 nitrogen and oxygen atoms in total. The largest absolute Gasteiger partial charge is 0.309 e. The SMILES string of the molecule is c1ccc2c(c1)c1ccccc1n2-c1ccc2c(c1)c1ccccc1n2-c1ccc(-c2cc(-c3ccncc3)nc(-c3ccncc3)c2)cc1.c1cncc(-c2cc(-c3ccc(-n4c5ccccc5c5cc(-n6c7ccccc7c7ccccc76)ccc54)cc3)cc(-c3cccnc3)n2)c1. The van der Waals surface area contributed by atoms with Crippen LogP contribution in [-0.4, -0.2) is 48.2 Å². The molecule has 0 saturated carbocycles. The van der Waals surface area contributed by atoms with Crippen LogP contribution in [0.5, 0.6) is 0 Å². The smallest absolute Gasteiger partial charge is 0.0731 e. The van der Waals surface area contributed by atoms with Gasteiger partial charge in [0.25, 0.3) is 0 Å². The van der Waals surface area contributed by atoms with Crippen molar-refractivity contribution in [1.29, 1.82) is 0 Å². The molecular formula is C90H58N10. The lowest BCUT2D eigenvalue weighted by Gasteiger charge is -2.12. The summed E-state index contributed by atoms with van der Waals surface area (Å²) in [6.07, 6.45) is 14.5. The summed E-state index contributed by atoms with van der Waals surface area (Å²) >= 11 is 0. The minimum atomic E-state index is 0.875. The van der Waals surface area contributed by atoms with E-state index in [4.69, 9.17) is 9.97 Å². The van der Waals surface area contributed by atoms with Crippen molar-refractivity contribution in [2.45, 2.75) is 0 Å². The summed E-state index contributed by atoms with van der Waals surface area (Å²) in [6.45, 7) is 0. The molecule has 0 radical (unpaired) electrons. The Balaban J connectivity index is 0.000000139. The van der Waals surface area contributed by atoms with E-state index in [0.29, 0.717) is 0 Å². The molecule has 0 atom stereocenters. The fourth-order valence-electron chi connectivity index (χ4n) is 14.8. The zero-order valence-electron chi connectivity index (χ0n) is 54.0. The van der Waals surface area contributed by atoms with E-state index in [0.717, 1.165) is 90.0 Å². The third kappa shape index (κ3) is 9.96. The summed E-state index contributed by atoms with van der Waals surface area (Å²) in [5.74, 6) is 0. The van der Waals surface area contributed by atoms with E-state index in [1.807, 2.05) is 85.7 Å². The summed E-state index contributed by atoms with van der Waals surface area (Å²) < 4.78 is 9.53. The number of hydrogen-bond donors (Lipinski definition) is 0. The Hall–Kier alpha value is -13.7. The fraction of sp³-hybridized carbons (Fsp3) is 0. The van der Waals surface area contributed by atoms with Crippen LogP contribution in [0.25, 0.3) is 177 Å². The second-order valence-corrected chi connectivity index (χ2v) is 25.1. The van der Waals surface area contributed by atoms with Gasteiger partial charge in [-0.3, -0.25) is 19.9 Å². The Kier molecular flexibility index (Phi) is 14.0. The van der Waals surface area contributed by atoms with Crippen molar-refractivity contribution in [3.8, 4) is 90.0 Å². The number of hydrogen-bond acceptors (Lipinski definition) is 6. The maximum atomic E-state index is 5.02. The predicted molar refractivity (Wildman–Crippen MR) is 410 cm³/mol. The third-order valence-corrected chi connectivity index (χ3v) is 19.4. The molecule has 0 spiro atoms. The molecule has 10 aromatic carbocycles. The highest BCUT2D eigenvalue weighted by Gasteiger charge is 2.20. The minimum absolute atomic E-state index is 0.875. The second-order valence-electron chi connectivity index (χ2n) is 25.1. The molecule has 0 aliphatic rings. The van der Waals surface area contributed by atoms with Crippen molar-refractivity contribution in [3.05, 3.63) is 353 Å². The van der Waals surface area contributed by atoms with Gasteiger partial charge in [0.05, 0.1) is 66.9 Å². The molecule has 468 valence electrons. The van der Waals surface area contributed by atoms with Crippen LogP contribution >= 0.6 is 0 Å². The predicted octanol–water partition coefficient (Wildman–Crippen LogP) is 22.1. The highest BCUT2D eigenvalue weighted by molar-refractivity contribution is 6.14. The molecule has 10 heterocycles. The lowest BCUT2D eigenvalue weighted by molar-refractivity contribution is 1.17. The van der Waals surface area contributed by atoms with E-state index in [-0.39, 0.29) is 0 Å². The van der Waals surface area contributed by atoms with Crippen molar-refractivity contribution in [2.75, 3.05) is 0 Å². The van der Waals surface area contributed by atoms with Crippen LogP contribution in [0.4, 0.5) is 0 Å². The first-order chi connectivity index (χ1) is 49.6. The normalized spacial score (nSPS) is 11.6. The first kappa shape index (κ1) is 57.7. The maximum absolute atomic E-state index is 5.02. The van der Waals surface area contributed by atoms with Crippen molar-refractivity contribution in [3.63, 3.8) is 0 Å². The number of fused-ring (bicyclic) bond motifs is 12. The highest BCUT2D eigenvalue weighted by atomic mass is 15.0. The molecule has 0 aliphatic heterocycles. The van der Waals surface area contributed by atoms with Gasteiger partial charge in [-0.25, -0.2) is 9.97 Å². The average molecular weight is 1280 g/mol. The lowest BCUT2D eigenvalue weighted by Crippen LogP contribution is -1.96.